The standard InChI is InChI=1S/C28H21N4.C24H18N.2C16H12N.3C5H8O2.4Ir/c1-19-6-10-22(11-7-19)26-30-27(23-12-8-20(2)9-13-23)32-28(31-26)24-16-14-21(15-17-24)25-5-3-4-18-29-25;1-24(2)20-9-5-4-8-18(20)19-13-11-17(15-21(19)24)23-14-12-16-7-3-6-10-22(16)25-23;1-12-10-14(16-8-4-5-9-17-16)11-13-6-2-3-7-15(12)13;1-12-10-13-6-2-3-7-14(13)11-15(12)16-8-4-5-9-17-16;3*1-4(6)3-5(2)7;;;;/h3-14,16-18H,1-2H3;3-10,12-15H,1-2H3;2*2-10H,1H3;3*3,6H,1-2H3;;;;/q4*-1;;;;;;;. The first-order valence-corrected chi connectivity index (χ1v) is 36.5. The maximum Gasteiger partial charge on any atom is 0.163 e. The largest absolute Gasteiger partial charge is 0.512 e. The molecule has 0 atom stereocenters. The first-order chi connectivity index (χ1) is 53.9. The number of aliphatic hydroxyl groups is 3. The molecular formula is C99H87Ir4N7O6-4. The number of carbonyl (C=O) groups excluding carboxylic acids is 3. The second kappa shape index (κ2) is 45.2. The zero-order valence-electron chi connectivity index (χ0n) is 66.2. The maximum absolute atomic E-state index is 10.0. The van der Waals surface area contributed by atoms with Crippen molar-refractivity contribution in [2.24, 2.45) is 0 Å². The molecule has 16 rings (SSSR count). The molecule has 594 valence electrons. The predicted octanol–water partition coefficient (Wildman–Crippen LogP) is 23.5. The fourth-order valence-corrected chi connectivity index (χ4v) is 12.4. The number of hydrogen-bond donors (Lipinski definition) is 3. The van der Waals surface area contributed by atoms with Crippen LogP contribution >= 0.6 is 0 Å². The SMILES string of the molecule is CC(=O)C=C(C)O.CC(=O)C=C(C)O.CC(=O)C=C(C)O.CC1(C)c2ccccc2-c2c[c-]c(-c3ccc4ccccc4n3)cc21.Cc1cc(-c2ccccn2)[c-]c2ccccc12.Cc1cc2ccccc2[c-]c1-c1ccccn1.Cc1ccc(-c2nc(-c3c[c-]c(-c4ccccn4)cc3)nc(-c3ccc(C)cc3)n2)cc1.[Ir].[Ir].[Ir].[Ir]. The van der Waals surface area contributed by atoms with Gasteiger partial charge < -0.3 is 20.3 Å². The molecule has 17 heteroatoms. The van der Waals surface area contributed by atoms with Crippen LogP contribution < -0.4 is 0 Å². The maximum atomic E-state index is 10.0. The molecule has 4 radical (unpaired) electrons. The molecule has 116 heavy (non-hydrogen) atoms. The van der Waals surface area contributed by atoms with Crippen LogP contribution in [0.1, 0.15) is 88.8 Å². The molecule has 1 aliphatic carbocycles. The molecule has 0 saturated carbocycles. The first-order valence-electron chi connectivity index (χ1n) is 36.5. The van der Waals surface area contributed by atoms with E-state index in [-0.39, 0.29) is 120 Å². The van der Waals surface area contributed by atoms with E-state index in [9.17, 15) is 14.4 Å². The number of para-hydroxylation sites is 1. The summed E-state index contributed by atoms with van der Waals surface area (Å²) in [4.78, 5) is 62.4. The number of nitrogens with zero attached hydrogens (tertiary/aromatic N) is 7. The smallest absolute Gasteiger partial charge is 0.163 e. The van der Waals surface area contributed by atoms with Crippen molar-refractivity contribution in [3.8, 4) is 90.3 Å². The van der Waals surface area contributed by atoms with Gasteiger partial charge in [-0.1, -0.05) is 253 Å². The molecule has 3 N–H and O–H groups in total. The third-order valence-electron chi connectivity index (χ3n) is 17.7. The van der Waals surface area contributed by atoms with Crippen LogP contribution in [0, 0.1) is 52.0 Å². The van der Waals surface area contributed by atoms with Crippen LogP contribution in [-0.4, -0.2) is 67.6 Å². The Bertz CT molecular complexity index is 5750. The zero-order valence-corrected chi connectivity index (χ0v) is 75.8. The van der Waals surface area contributed by atoms with Gasteiger partial charge in [0.05, 0.1) is 22.8 Å². The normalized spacial score (nSPS) is 11.3. The summed E-state index contributed by atoms with van der Waals surface area (Å²) >= 11 is 0. The number of pyridine rings is 4. The van der Waals surface area contributed by atoms with Gasteiger partial charge in [0.2, 0.25) is 0 Å². The molecule has 5 heterocycles. The van der Waals surface area contributed by atoms with Crippen molar-refractivity contribution in [2.45, 2.75) is 88.5 Å². The number of rotatable bonds is 10. The number of ketones is 3. The van der Waals surface area contributed by atoms with Crippen LogP contribution in [0.2, 0.25) is 0 Å². The van der Waals surface area contributed by atoms with E-state index in [4.69, 9.17) is 35.3 Å². The van der Waals surface area contributed by atoms with Crippen LogP contribution in [0.25, 0.3) is 123 Å². The van der Waals surface area contributed by atoms with Gasteiger partial charge in [0, 0.05) is 140 Å². The Hall–Kier alpha value is -11.2. The third kappa shape index (κ3) is 26.4. The van der Waals surface area contributed by atoms with Gasteiger partial charge >= 0.3 is 0 Å². The molecule has 0 aliphatic heterocycles. The van der Waals surface area contributed by atoms with E-state index in [2.05, 4.69) is 214 Å². The Kier molecular flexibility index (Phi) is 36.5. The Morgan fingerprint density at radius 2 is 0.819 bits per heavy atom. The molecule has 0 unspecified atom stereocenters. The van der Waals surface area contributed by atoms with E-state index in [1.807, 2.05) is 134 Å². The van der Waals surface area contributed by atoms with Crippen LogP contribution in [0.15, 0.2) is 309 Å². The van der Waals surface area contributed by atoms with Crippen molar-refractivity contribution in [3.05, 3.63) is 367 Å². The first kappa shape index (κ1) is 93.7. The van der Waals surface area contributed by atoms with Gasteiger partial charge in [-0.05, 0) is 107 Å². The molecule has 15 aromatic rings. The Balaban J connectivity index is 0.000000224. The molecule has 1 aliphatic rings. The minimum Gasteiger partial charge on any atom is -0.512 e. The average Bonchev–Trinajstić information content (AvgIpc) is 1.58. The third-order valence-corrected chi connectivity index (χ3v) is 17.7. The van der Waals surface area contributed by atoms with Crippen molar-refractivity contribution < 1.29 is 110 Å². The molecule has 5 aromatic heterocycles. The van der Waals surface area contributed by atoms with Crippen molar-refractivity contribution in [3.63, 3.8) is 0 Å². The summed E-state index contributed by atoms with van der Waals surface area (Å²) < 4.78 is 0. The second-order valence-corrected chi connectivity index (χ2v) is 27.4. The van der Waals surface area contributed by atoms with Gasteiger partial charge in [-0.3, -0.25) is 29.3 Å². The summed E-state index contributed by atoms with van der Waals surface area (Å²) in [5.41, 5.74) is 22.0. The molecule has 0 fully saturated rings. The van der Waals surface area contributed by atoms with Crippen molar-refractivity contribution >= 4 is 49.8 Å². The van der Waals surface area contributed by atoms with Crippen molar-refractivity contribution in [1.82, 2.24) is 34.9 Å². The Morgan fingerprint density at radius 1 is 0.362 bits per heavy atom. The van der Waals surface area contributed by atoms with Crippen LogP contribution in [-0.2, 0) is 100 Å². The monoisotopic (exact) mass is 2240 g/mol. The predicted molar refractivity (Wildman–Crippen MR) is 454 cm³/mol. The van der Waals surface area contributed by atoms with Gasteiger partial charge in [-0.15, -0.1) is 117 Å². The summed E-state index contributed by atoms with van der Waals surface area (Å²) in [5.74, 6) is 1.74. The molecule has 0 bridgehead atoms. The average molecular weight is 2240 g/mol. The van der Waals surface area contributed by atoms with Crippen molar-refractivity contribution in [2.75, 3.05) is 0 Å². The van der Waals surface area contributed by atoms with Crippen LogP contribution in [0.5, 0.6) is 0 Å². The zero-order chi connectivity index (χ0) is 79.8. The summed E-state index contributed by atoms with van der Waals surface area (Å²) in [7, 11) is 0. The molecule has 0 amide bonds. The van der Waals surface area contributed by atoms with E-state index in [0.29, 0.717) is 17.5 Å². The van der Waals surface area contributed by atoms with E-state index in [1.165, 1.54) is 120 Å². The summed E-state index contributed by atoms with van der Waals surface area (Å²) in [6, 6.07) is 100. The van der Waals surface area contributed by atoms with E-state index < -0.39 is 0 Å². The number of allylic oxidation sites excluding steroid dienone is 6. The number of benzene rings is 10. The number of aromatic nitrogens is 7. The molecule has 0 saturated heterocycles. The van der Waals surface area contributed by atoms with Gasteiger partial charge in [-0.2, -0.15) is 0 Å². The summed E-state index contributed by atoms with van der Waals surface area (Å²) in [6.45, 7) is 21.5. The molecular weight excluding hydrogens is 2150 g/mol. The minimum atomic E-state index is -0.125. The fourth-order valence-electron chi connectivity index (χ4n) is 12.4. The second-order valence-electron chi connectivity index (χ2n) is 27.4. The number of aryl methyl sites for hydroxylation is 4. The van der Waals surface area contributed by atoms with Gasteiger partial charge in [0.25, 0.3) is 0 Å². The van der Waals surface area contributed by atoms with E-state index in [1.54, 1.807) is 6.20 Å². The Labute approximate surface area is 733 Å². The van der Waals surface area contributed by atoms with Crippen LogP contribution in [0.3, 0.4) is 0 Å². The van der Waals surface area contributed by atoms with Gasteiger partial charge in [0.1, 0.15) is 5.82 Å². The topological polar surface area (TPSA) is 202 Å². The summed E-state index contributed by atoms with van der Waals surface area (Å²) in [6.07, 6.45) is 8.91. The molecule has 10 aromatic carbocycles. The number of carbonyl (C=O) groups is 3. The summed E-state index contributed by atoms with van der Waals surface area (Å²) in [5, 5.41) is 31.0. The minimum absolute atomic E-state index is 0. The number of fused-ring (bicyclic) bond motifs is 6. The quantitative estimate of drug-likeness (QED) is 0.0664. The van der Waals surface area contributed by atoms with Crippen molar-refractivity contribution in [1.29, 1.82) is 0 Å². The van der Waals surface area contributed by atoms with Gasteiger partial charge in [0.15, 0.2) is 29.0 Å². The van der Waals surface area contributed by atoms with E-state index in [0.717, 1.165) is 78.0 Å². The number of hydrogen-bond acceptors (Lipinski definition) is 13. The van der Waals surface area contributed by atoms with E-state index >= 15 is 0 Å². The van der Waals surface area contributed by atoms with Crippen LogP contribution in [0.4, 0.5) is 0 Å². The number of aliphatic hydroxyl groups excluding tert-OH is 3. The molecule has 13 nitrogen and oxygen atoms in total. The molecule has 0 spiro atoms. The van der Waals surface area contributed by atoms with Gasteiger partial charge in [-0.25, -0.2) is 15.0 Å². The fraction of sp³-hybridized carbons (Fsp3) is 0.131. The Morgan fingerprint density at radius 3 is 1.33 bits per heavy atom.